The normalized spacial score (nSPS) is 17.7. The Morgan fingerprint density at radius 2 is 1.83 bits per heavy atom. The predicted molar refractivity (Wildman–Crippen MR) is 94.6 cm³/mol. The lowest BCUT2D eigenvalue weighted by molar-refractivity contribution is -0.130. The predicted octanol–water partition coefficient (Wildman–Crippen LogP) is 3.66. The molecule has 0 saturated heterocycles. The number of fused-ring (bicyclic) bond motifs is 1. The van der Waals surface area contributed by atoms with Gasteiger partial charge in [-0.25, -0.2) is 0 Å². The van der Waals surface area contributed by atoms with Crippen LogP contribution in [0.1, 0.15) is 31.0 Å². The zero-order valence-electron chi connectivity index (χ0n) is 14.1. The van der Waals surface area contributed by atoms with Crippen LogP contribution in [0.2, 0.25) is 0 Å². The molecule has 0 radical (unpaired) electrons. The number of hydrogen-bond donors (Lipinski definition) is 0. The first kappa shape index (κ1) is 15.6. The molecule has 2 aromatic carbocycles. The van der Waals surface area contributed by atoms with E-state index in [1.165, 1.54) is 16.8 Å². The number of likely N-dealkylation sites (N-methyl/N-ethyl adjacent to an activating group) is 1. The van der Waals surface area contributed by atoms with Crippen molar-refractivity contribution in [3.8, 4) is 0 Å². The summed E-state index contributed by atoms with van der Waals surface area (Å²) in [5, 5.41) is 0. The lowest BCUT2D eigenvalue weighted by Gasteiger charge is -2.30. The van der Waals surface area contributed by atoms with Gasteiger partial charge >= 0.3 is 0 Å². The summed E-state index contributed by atoms with van der Waals surface area (Å²) in [6.45, 7) is 4.70. The Kier molecular flexibility index (Phi) is 4.37. The smallest absolute Gasteiger partial charge is 0.242 e. The second-order valence-corrected chi connectivity index (χ2v) is 6.40. The molecule has 3 heteroatoms. The first-order chi connectivity index (χ1) is 11.1. The maximum Gasteiger partial charge on any atom is 0.242 e. The summed E-state index contributed by atoms with van der Waals surface area (Å²) in [7, 11) is 1.90. The van der Waals surface area contributed by atoms with E-state index >= 15 is 0 Å². The summed E-state index contributed by atoms with van der Waals surface area (Å²) in [6.07, 6.45) is 1.02. The van der Waals surface area contributed by atoms with E-state index in [1.54, 1.807) is 0 Å². The summed E-state index contributed by atoms with van der Waals surface area (Å²) >= 11 is 0. The van der Waals surface area contributed by atoms with Gasteiger partial charge in [0.25, 0.3) is 0 Å². The van der Waals surface area contributed by atoms with Crippen molar-refractivity contribution in [1.82, 2.24) is 4.90 Å². The number of carbonyl (C=O) groups is 1. The average molecular weight is 308 g/mol. The third kappa shape index (κ3) is 3.09. The van der Waals surface area contributed by atoms with Crippen molar-refractivity contribution in [2.75, 3.05) is 18.5 Å². The highest BCUT2D eigenvalue weighted by Crippen LogP contribution is 2.31. The van der Waals surface area contributed by atoms with Gasteiger partial charge in [-0.3, -0.25) is 4.79 Å². The maximum atomic E-state index is 12.8. The zero-order valence-corrected chi connectivity index (χ0v) is 14.1. The molecule has 1 amide bonds. The van der Waals surface area contributed by atoms with Gasteiger partial charge in [-0.2, -0.15) is 0 Å². The highest BCUT2D eigenvalue weighted by Gasteiger charge is 2.28. The highest BCUT2D eigenvalue weighted by molar-refractivity contribution is 5.83. The van der Waals surface area contributed by atoms with Gasteiger partial charge in [0, 0.05) is 18.8 Å². The summed E-state index contributed by atoms with van der Waals surface area (Å²) in [4.78, 5) is 16.8. The first-order valence-corrected chi connectivity index (χ1v) is 8.23. The maximum absolute atomic E-state index is 12.8. The summed E-state index contributed by atoms with van der Waals surface area (Å²) < 4.78 is 0. The van der Waals surface area contributed by atoms with E-state index in [0.717, 1.165) is 6.42 Å². The molecule has 120 valence electrons. The number of anilines is 1. The van der Waals surface area contributed by atoms with Gasteiger partial charge in [0.1, 0.15) is 0 Å². The van der Waals surface area contributed by atoms with Crippen LogP contribution in [0.25, 0.3) is 0 Å². The van der Waals surface area contributed by atoms with E-state index < -0.39 is 0 Å². The van der Waals surface area contributed by atoms with Gasteiger partial charge < -0.3 is 9.80 Å². The van der Waals surface area contributed by atoms with Crippen molar-refractivity contribution in [2.45, 2.75) is 32.4 Å². The number of hydrogen-bond acceptors (Lipinski definition) is 2. The largest absolute Gasteiger partial charge is 0.359 e. The van der Waals surface area contributed by atoms with Gasteiger partial charge in [-0.1, -0.05) is 48.5 Å². The zero-order chi connectivity index (χ0) is 16.4. The summed E-state index contributed by atoms with van der Waals surface area (Å²) in [5.74, 6) is 0.157. The van der Waals surface area contributed by atoms with Crippen molar-refractivity contribution in [1.29, 1.82) is 0 Å². The van der Waals surface area contributed by atoms with Crippen LogP contribution < -0.4 is 4.90 Å². The fourth-order valence-electron chi connectivity index (χ4n) is 3.30. The molecule has 2 aromatic rings. The topological polar surface area (TPSA) is 23.6 Å². The van der Waals surface area contributed by atoms with Crippen LogP contribution in [0.5, 0.6) is 0 Å². The third-order valence-corrected chi connectivity index (χ3v) is 4.91. The Hall–Kier alpha value is -2.29. The van der Waals surface area contributed by atoms with E-state index in [0.29, 0.717) is 12.6 Å². The highest BCUT2D eigenvalue weighted by atomic mass is 16.2. The van der Waals surface area contributed by atoms with Gasteiger partial charge in [-0.05, 0) is 37.5 Å². The first-order valence-electron chi connectivity index (χ1n) is 8.23. The van der Waals surface area contributed by atoms with Crippen molar-refractivity contribution in [2.24, 2.45) is 0 Å². The second kappa shape index (κ2) is 6.45. The summed E-state index contributed by atoms with van der Waals surface area (Å²) in [5.41, 5.74) is 3.71. The van der Waals surface area contributed by atoms with Gasteiger partial charge in [-0.15, -0.1) is 0 Å². The molecule has 2 atom stereocenters. The number of amides is 1. The van der Waals surface area contributed by atoms with Gasteiger partial charge in [0.2, 0.25) is 5.91 Å². The minimum Gasteiger partial charge on any atom is -0.359 e. The van der Waals surface area contributed by atoms with E-state index in [1.807, 2.05) is 36.2 Å². The molecule has 1 aliphatic rings. The third-order valence-electron chi connectivity index (χ3n) is 4.91. The van der Waals surface area contributed by atoms with Crippen LogP contribution in [0.3, 0.4) is 0 Å². The van der Waals surface area contributed by atoms with Crippen LogP contribution in [0.4, 0.5) is 5.69 Å². The Bertz CT molecular complexity index is 683. The molecular formula is C20H24N2O. The Morgan fingerprint density at radius 1 is 1.17 bits per heavy atom. The molecule has 0 aliphatic carbocycles. The van der Waals surface area contributed by atoms with Crippen LogP contribution in [-0.4, -0.2) is 30.4 Å². The van der Waals surface area contributed by atoms with E-state index in [2.05, 4.69) is 49.1 Å². The Labute approximate surface area is 138 Å². The standard InChI is InChI=1S/C20H24N2O/c1-15-13-18-11-7-8-12-19(18)22(15)14-20(23)21(3)16(2)17-9-5-4-6-10-17/h4-12,15-16H,13-14H2,1-3H3/t15-,16-/m0/s1. The fourth-order valence-corrected chi connectivity index (χ4v) is 3.30. The molecule has 0 fully saturated rings. The molecule has 0 saturated carbocycles. The molecule has 0 bridgehead atoms. The fraction of sp³-hybridized carbons (Fsp3) is 0.350. The van der Waals surface area contributed by atoms with Crippen molar-refractivity contribution < 1.29 is 4.79 Å². The van der Waals surface area contributed by atoms with Crippen LogP contribution in [0, 0.1) is 0 Å². The molecule has 1 heterocycles. The lowest BCUT2D eigenvalue weighted by Crippen LogP contribution is -2.41. The molecule has 1 aliphatic heterocycles. The lowest BCUT2D eigenvalue weighted by atomic mass is 10.1. The van der Waals surface area contributed by atoms with Crippen molar-refractivity contribution in [3.05, 3.63) is 65.7 Å². The molecule has 3 rings (SSSR count). The number of rotatable bonds is 4. The quantitative estimate of drug-likeness (QED) is 0.860. The summed E-state index contributed by atoms with van der Waals surface area (Å²) in [6, 6.07) is 19.0. The minimum absolute atomic E-state index is 0.0804. The number of nitrogens with zero attached hydrogens (tertiary/aromatic N) is 2. The van der Waals surface area contributed by atoms with E-state index in [9.17, 15) is 4.79 Å². The molecule has 0 aromatic heterocycles. The molecule has 3 nitrogen and oxygen atoms in total. The molecular weight excluding hydrogens is 284 g/mol. The number of carbonyl (C=O) groups excluding carboxylic acids is 1. The molecule has 0 spiro atoms. The van der Waals surface area contributed by atoms with Crippen LogP contribution >= 0.6 is 0 Å². The second-order valence-electron chi connectivity index (χ2n) is 6.40. The monoisotopic (exact) mass is 308 g/mol. The van der Waals surface area contributed by atoms with E-state index in [-0.39, 0.29) is 11.9 Å². The SMILES string of the molecule is C[C@@H](c1ccccc1)N(C)C(=O)CN1c2ccccc2C[C@@H]1C. The van der Waals surface area contributed by atoms with Gasteiger partial charge in [0.15, 0.2) is 0 Å². The number of para-hydroxylation sites is 1. The van der Waals surface area contributed by atoms with E-state index in [4.69, 9.17) is 0 Å². The average Bonchev–Trinajstić information content (AvgIpc) is 2.90. The molecule has 0 N–H and O–H groups in total. The van der Waals surface area contributed by atoms with Crippen LogP contribution in [0.15, 0.2) is 54.6 Å². The molecule has 23 heavy (non-hydrogen) atoms. The minimum atomic E-state index is 0.0804. The number of benzene rings is 2. The Balaban J connectivity index is 1.72. The Morgan fingerprint density at radius 3 is 2.57 bits per heavy atom. The molecule has 0 unspecified atom stereocenters. The van der Waals surface area contributed by atoms with Crippen LogP contribution in [-0.2, 0) is 11.2 Å². The van der Waals surface area contributed by atoms with Gasteiger partial charge in [0.05, 0.1) is 12.6 Å². The van der Waals surface area contributed by atoms with Crippen molar-refractivity contribution >= 4 is 11.6 Å². The van der Waals surface area contributed by atoms with Crippen molar-refractivity contribution in [3.63, 3.8) is 0 Å².